The second-order valence-electron chi connectivity index (χ2n) is 8.68. The number of halogens is 2. The number of carbonyl (C=O) groups is 1. The Morgan fingerprint density at radius 1 is 1.23 bits per heavy atom. The fourth-order valence-electron chi connectivity index (χ4n) is 4.31. The van der Waals surface area contributed by atoms with E-state index in [0.717, 1.165) is 31.4 Å². The second kappa shape index (κ2) is 6.80. The molecule has 2 saturated heterocycles. The quantitative estimate of drug-likeness (QED) is 0.853. The lowest BCUT2D eigenvalue weighted by atomic mass is 9.73. The third-order valence-electron chi connectivity index (χ3n) is 5.21. The second-order valence-corrected chi connectivity index (χ2v) is 8.68. The van der Waals surface area contributed by atoms with E-state index in [1.165, 1.54) is 6.07 Å². The van der Waals surface area contributed by atoms with E-state index in [1.54, 1.807) is 4.90 Å². The van der Waals surface area contributed by atoms with Crippen LogP contribution in [0.2, 0.25) is 0 Å². The number of rotatable bonds is 2. The van der Waals surface area contributed by atoms with Crippen LogP contribution in [-0.2, 0) is 11.2 Å². The zero-order chi connectivity index (χ0) is 19.1. The van der Waals surface area contributed by atoms with Crippen molar-refractivity contribution in [1.82, 2.24) is 4.90 Å². The van der Waals surface area contributed by atoms with E-state index in [4.69, 9.17) is 4.74 Å². The number of ether oxygens (including phenoxy) is 1. The van der Waals surface area contributed by atoms with Crippen LogP contribution in [0.1, 0.15) is 58.4 Å². The van der Waals surface area contributed by atoms with E-state index in [2.05, 4.69) is 0 Å². The summed E-state index contributed by atoms with van der Waals surface area (Å²) in [5.41, 5.74) is -1.03. The number of hydrogen-bond acceptors (Lipinski definition) is 3. The summed E-state index contributed by atoms with van der Waals surface area (Å²) < 4.78 is 32.2. The van der Waals surface area contributed by atoms with Gasteiger partial charge in [0.05, 0.1) is 5.60 Å². The molecule has 1 N–H and O–H groups in total. The first-order valence-electron chi connectivity index (χ1n) is 9.24. The standard InChI is InChI=1S/C20H27F2NO3/c1-19(2,3)26-18(24)23-14-5-4-6-15(23)12-20(25,11-14)10-13-7-8-16(21)17(22)9-13/h7-9,14-15,25H,4-6,10-12H2,1-3H3. The number of nitrogens with zero attached hydrogens (tertiary/aromatic N) is 1. The lowest BCUT2D eigenvalue weighted by molar-refractivity contribution is -0.0919. The zero-order valence-electron chi connectivity index (χ0n) is 15.6. The van der Waals surface area contributed by atoms with Gasteiger partial charge in [0.25, 0.3) is 0 Å². The average Bonchev–Trinajstić information content (AvgIpc) is 2.48. The van der Waals surface area contributed by atoms with Gasteiger partial charge in [-0.25, -0.2) is 13.6 Å². The lowest BCUT2D eigenvalue weighted by Crippen LogP contribution is -2.61. The molecule has 1 aromatic carbocycles. The minimum atomic E-state index is -1.03. The lowest BCUT2D eigenvalue weighted by Gasteiger charge is -2.51. The molecule has 2 atom stereocenters. The van der Waals surface area contributed by atoms with Crippen LogP contribution in [0.4, 0.5) is 13.6 Å². The number of hydrogen-bond donors (Lipinski definition) is 1. The zero-order valence-corrected chi connectivity index (χ0v) is 15.6. The van der Waals surface area contributed by atoms with Crippen molar-refractivity contribution in [1.29, 1.82) is 0 Å². The molecular formula is C20H27F2NO3. The molecular weight excluding hydrogens is 340 g/mol. The van der Waals surface area contributed by atoms with Crippen molar-refractivity contribution in [3.05, 3.63) is 35.4 Å². The maximum atomic E-state index is 13.5. The van der Waals surface area contributed by atoms with Crippen molar-refractivity contribution in [2.45, 2.75) is 82.6 Å². The highest BCUT2D eigenvalue weighted by atomic mass is 19.2. The fourth-order valence-corrected chi connectivity index (χ4v) is 4.31. The van der Waals surface area contributed by atoms with Crippen LogP contribution in [0.3, 0.4) is 0 Å². The van der Waals surface area contributed by atoms with Gasteiger partial charge in [-0.1, -0.05) is 6.07 Å². The number of fused-ring (bicyclic) bond motifs is 2. The Morgan fingerprint density at radius 2 is 1.85 bits per heavy atom. The molecule has 2 heterocycles. The summed E-state index contributed by atoms with van der Waals surface area (Å²) >= 11 is 0. The van der Waals surface area contributed by atoms with Crippen molar-refractivity contribution in [2.24, 2.45) is 0 Å². The van der Waals surface area contributed by atoms with Crippen molar-refractivity contribution in [2.75, 3.05) is 0 Å². The molecule has 2 aliphatic heterocycles. The van der Waals surface area contributed by atoms with Gasteiger partial charge < -0.3 is 14.7 Å². The molecule has 0 aliphatic carbocycles. The molecule has 0 spiro atoms. The Labute approximate surface area is 153 Å². The summed E-state index contributed by atoms with van der Waals surface area (Å²) in [6.07, 6.45) is 3.40. The van der Waals surface area contributed by atoms with Gasteiger partial charge in [-0.3, -0.25) is 0 Å². The van der Waals surface area contributed by atoms with Crippen LogP contribution in [0.25, 0.3) is 0 Å². The highest BCUT2D eigenvalue weighted by Crippen LogP contribution is 2.41. The Hall–Kier alpha value is -1.69. The molecule has 2 bridgehead atoms. The van der Waals surface area contributed by atoms with E-state index in [9.17, 15) is 18.7 Å². The number of benzene rings is 1. The van der Waals surface area contributed by atoms with E-state index in [0.29, 0.717) is 18.4 Å². The van der Waals surface area contributed by atoms with Crippen molar-refractivity contribution in [3.63, 3.8) is 0 Å². The largest absolute Gasteiger partial charge is 0.444 e. The van der Waals surface area contributed by atoms with Gasteiger partial charge in [0, 0.05) is 18.5 Å². The number of carbonyl (C=O) groups excluding carboxylic acids is 1. The maximum Gasteiger partial charge on any atom is 0.410 e. The maximum absolute atomic E-state index is 13.5. The number of piperidine rings is 2. The minimum absolute atomic E-state index is 0.0901. The number of aliphatic hydroxyl groups is 1. The highest BCUT2D eigenvalue weighted by Gasteiger charge is 2.48. The highest BCUT2D eigenvalue weighted by molar-refractivity contribution is 5.69. The summed E-state index contributed by atoms with van der Waals surface area (Å²) in [6.45, 7) is 5.51. The smallest absolute Gasteiger partial charge is 0.410 e. The van der Waals surface area contributed by atoms with Crippen molar-refractivity contribution in [3.8, 4) is 0 Å². The summed E-state index contributed by atoms with van der Waals surface area (Å²) in [5, 5.41) is 11.1. The molecule has 1 amide bonds. The Bertz CT molecular complexity index is 672. The van der Waals surface area contributed by atoms with Crippen molar-refractivity contribution >= 4 is 6.09 Å². The molecule has 0 radical (unpaired) electrons. The molecule has 2 unspecified atom stereocenters. The van der Waals surface area contributed by atoms with Crippen LogP contribution in [0, 0.1) is 11.6 Å². The first kappa shape index (κ1) is 19.1. The average molecular weight is 367 g/mol. The first-order chi connectivity index (χ1) is 12.1. The number of amides is 1. The van der Waals surface area contributed by atoms with E-state index < -0.39 is 22.8 Å². The Balaban J connectivity index is 1.75. The third kappa shape index (κ3) is 4.17. The predicted octanol–water partition coefficient (Wildman–Crippen LogP) is 4.19. The minimum Gasteiger partial charge on any atom is -0.444 e. The van der Waals surface area contributed by atoms with Crippen LogP contribution < -0.4 is 0 Å². The van der Waals surface area contributed by atoms with Crippen molar-refractivity contribution < 1.29 is 23.4 Å². The normalized spacial score (nSPS) is 28.8. The summed E-state index contributed by atoms with van der Waals surface area (Å²) in [4.78, 5) is 14.4. The van der Waals surface area contributed by atoms with Crippen LogP contribution >= 0.6 is 0 Å². The van der Waals surface area contributed by atoms with Gasteiger partial charge in [0.15, 0.2) is 11.6 Å². The van der Waals surface area contributed by atoms with Gasteiger partial charge in [-0.15, -0.1) is 0 Å². The van der Waals surface area contributed by atoms with Crippen LogP contribution in [0.15, 0.2) is 18.2 Å². The molecule has 2 aliphatic rings. The van der Waals surface area contributed by atoms with E-state index >= 15 is 0 Å². The first-order valence-corrected chi connectivity index (χ1v) is 9.24. The molecule has 1 aromatic rings. The molecule has 144 valence electrons. The molecule has 0 saturated carbocycles. The van der Waals surface area contributed by atoms with Gasteiger partial charge >= 0.3 is 6.09 Å². The van der Waals surface area contributed by atoms with Crippen LogP contribution in [0.5, 0.6) is 0 Å². The van der Waals surface area contributed by atoms with Gasteiger partial charge in [-0.2, -0.15) is 0 Å². The fraction of sp³-hybridized carbons (Fsp3) is 0.650. The molecule has 0 aromatic heterocycles. The predicted molar refractivity (Wildman–Crippen MR) is 93.7 cm³/mol. The molecule has 2 fully saturated rings. The SMILES string of the molecule is CC(C)(C)OC(=O)N1C2CCCC1CC(O)(Cc1ccc(F)c(F)c1)C2. The third-order valence-corrected chi connectivity index (χ3v) is 5.21. The van der Waals surface area contributed by atoms with Crippen LogP contribution in [-0.4, -0.2) is 39.4 Å². The monoisotopic (exact) mass is 367 g/mol. The van der Waals surface area contributed by atoms with Gasteiger partial charge in [0.1, 0.15) is 5.60 Å². The Morgan fingerprint density at radius 3 is 2.38 bits per heavy atom. The molecule has 4 nitrogen and oxygen atoms in total. The summed E-state index contributed by atoms with van der Waals surface area (Å²) in [6, 6.07) is 3.56. The van der Waals surface area contributed by atoms with E-state index in [-0.39, 0.29) is 24.6 Å². The topological polar surface area (TPSA) is 49.8 Å². The van der Waals surface area contributed by atoms with Gasteiger partial charge in [0.2, 0.25) is 0 Å². The summed E-state index contributed by atoms with van der Waals surface area (Å²) in [7, 11) is 0. The molecule has 3 rings (SSSR count). The molecule has 26 heavy (non-hydrogen) atoms. The molecule has 6 heteroatoms. The summed E-state index contributed by atoms with van der Waals surface area (Å²) in [5.74, 6) is -1.80. The Kier molecular flexibility index (Phi) is 4.99. The van der Waals surface area contributed by atoms with Gasteiger partial charge in [-0.05, 0) is 70.6 Å². The van der Waals surface area contributed by atoms with E-state index in [1.807, 2.05) is 20.8 Å².